The predicted molar refractivity (Wildman–Crippen MR) is 74.9 cm³/mol. The summed E-state index contributed by atoms with van der Waals surface area (Å²) < 4.78 is 5.02. The van der Waals surface area contributed by atoms with E-state index >= 15 is 0 Å². The number of hydrogen-bond donors (Lipinski definition) is 1. The Morgan fingerprint density at radius 3 is 2.55 bits per heavy atom. The second kappa shape index (κ2) is 6.89. The van der Waals surface area contributed by atoms with Gasteiger partial charge in [0.1, 0.15) is 5.75 Å². The van der Waals surface area contributed by atoms with Gasteiger partial charge in [0, 0.05) is 18.1 Å². The molecule has 6 nitrogen and oxygen atoms in total. The van der Waals surface area contributed by atoms with Crippen LogP contribution in [0.4, 0.5) is 10.5 Å². The van der Waals surface area contributed by atoms with Gasteiger partial charge in [0.2, 0.25) is 0 Å². The Balaban J connectivity index is 1.84. The normalized spacial score (nSPS) is 10.2. The van der Waals surface area contributed by atoms with Crippen LogP contribution in [-0.2, 0) is 4.84 Å². The Labute approximate surface area is 116 Å². The summed E-state index contributed by atoms with van der Waals surface area (Å²) in [6, 6.07) is 10.4. The highest BCUT2D eigenvalue weighted by Gasteiger charge is 2.02. The zero-order chi connectivity index (χ0) is 14.2. The van der Waals surface area contributed by atoms with E-state index in [1.165, 1.54) is 6.21 Å². The predicted octanol–water partition coefficient (Wildman–Crippen LogP) is 2.67. The summed E-state index contributed by atoms with van der Waals surface area (Å²) >= 11 is 0. The van der Waals surface area contributed by atoms with E-state index in [1.807, 2.05) is 0 Å². The number of pyridine rings is 1. The Morgan fingerprint density at radius 1 is 1.20 bits per heavy atom. The van der Waals surface area contributed by atoms with Gasteiger partial charge in [-0.05, 0) is 42.0 Å². The van der Waals surface area contributed by atoms with E-state index in [9.17, 15) is 4.79 Å². The van der Waals surface area contributed by atoms with Gasteiger partial charge in [0.05, 0.1) is 13.3 Å². The first-order valence-electron chi connectivity index (χ1n) is 5.83. The van der Waals surface area contributed by atoms with E-state index in [0.717, 1.165) is 5.56 Å². The molecule has 0 spiro atoms. The first kappa shape index (κ1) is 13.5. The van der Waals surface area contributed by atoms with Gasteiger partial charge >= 0.3 is 6.09 Å². The number of nitrogens with one attached hydrogen (secondary N) is 1. The monoisotopic (exact) mass is 271 g/mol. The van der Waals surface area contributed by atoms with Crippen LogP contribution in [0.15, 0.2) is 53.9 Å². The fraction of sp³-hybridized carbons (Fsp3) is 0.0714. The minimum atomic E-state index is -0.666. The highest BCUT2D eigenvalue weighted by molar-refractivity contribution is 5.85. The van der Waals surface area contributed by atoms with Gasteiger partial charge in [-0.25, -0.2) is 4.79 Å². The molecule has 0 bridgehead atoms. The molecule has 102 valence electrons. The third-order valence-electron chi connectivity index (χ3n) is 2.38. The summed E-state index contributed by atoms with van der Waals surface area (Å²) in [7, 11) is 1.57. The van der Waals surface area contributed by atoms with Crippen molar-refractivity contribution in [1.82, 2.24) is 4.98 Å². The highest BCUT2D eigenvalue weighted by Crippen LogP contribution is 2.14. The minimum absolute atomic E-state index is 0.593. The van der Waals surface area contributed by atoms with Crippen molar-refractivity contribution in [1.29, 1.82) is 0 Å². The summed E-state index contributed by atoms with van der Waals surface area (Å²) in [5.41, 5.74) is 1.38. The Morgan fingerprint density at radius 2 is 1.90 bits per heavy atom. The van der Waals surface area contributed by atoms with Crippen LogP contribution >= 0.6 is 0 Å². The van der Waals surface area contributed by atoms with Gasteiger partial charge < -0.3 is 4.74 Å². The number of nitrogens with zero attached hydrogens (tertiary/aromatic N) is 2. The molecular weight excluding hydrogens is 258 g/mol. The Bertz CT molecular complexity index is 582. The SMILES string of the molecule is COc1ccc(NC(=O)O/N=C\c2ccncc2)cc1. The lowest BCUT2D eigenvalue weighted by Gasteiger charge is -2.03. The molecule has 1 aromatic heterocycles. The number of benzene rings is 1. The van der Waals surface area contributed by atoms with E-state index in [4.69, 9.17) is 4.74 Å². The van der Waals surface area contributed by atoms with E-state index in [1.54, 1.807) is 55.9 Å². The van der Waals surface area contributed by atoms with Crippen LogP contribution in [0, 0.1) is 0 Å². The standard InChI is InChI=1S/C14H13N3O3/c1-19-13-4-2-12(3-5-13)17-14(18)20-16-10-11-6-8-15-9-7-11/h2-10H,1H3,(H,17,18)/b16-10-. The largest absolute Gasteiger partial charge is 0.497 e. The number of hydrogen-bond acceptors (Lipinski definition) is 5. The smallest absolute Gasteiger partial charge is 0.437 e. The molecule has 0 fully saturated rings. The highest BCUT2D eigenvalue weighted by atomic mass is 16.7. The average Bonchev–Trinajstić information content (AvgIpc) is 2.49. The summed E-state index contributed by atoms with van der Waals surface area (Å²) in [6.45, 7) is 0. The van der Waals surface area contributed by atoms with Crippen molar-refractivity contribution in [3.8, 4) is 5.75 Å². The summed E-state index contributed by atoms with van der Waals surface area (Å²) in [4.78, 5) is 20.0. The molecule has 1 amide bonds. The summed E-state index contributed by atoms with van der Waals surface area (Å²) in [5.74, 6) is 0.708. The Hall–Kier alpha value is -2.89. The van der Waals surface area contributed by atoms with Crippen LogP contribution < -0.4 is 10.1 Å². The van der Waals surface area contributed by atoms with Crippen molar-refractivity contribution in [2.24, 2.45) is 5.16 Å². The van der Waals surface area contributed by atoms with Gasteiger partial charge in [-0.3, -0.25) is 15.1 Å². The van der Waals surface area contributed by atoms with Crippen LogP contribution in [0.2, 0.25) is 0 Å². The van der Waals surface area contributed by atoms with Crippen molar-refractivity contribution < 1.29 is 14.4 Å². The number of anilines is 1. The number of amides is 1. The topological polar surface area (TPSA) is 72.8 Å². The lowest BCUT2D eigenvalue weighted by atomic mass is 10.3. The zero-order valence-electron chi connectivity index (χ0n) is 10.8. The molecule has 1 heterocycles. The molecule has 1 aromatic carbocycles. The van der Waals surface area contributed by atoms with E-state index in [0.29, 0.717) is 11.4 Å². The van der Waals surface area contributed by atoms with Crippen molar-refractivity contribution in [2.45, 2.75) is 0 Å². The van der Waals surface area contributed by atoms with Crippen LogP contribution in [0.25, 0.3) is 0 Å². The van der Waals surface area contributed by atoms with Crippen LogP contribution in [0.5, 0.6) is 5.75 Å². The molecule has 6 heteroatoms. The molecule has 2 rings (SSSR count). The third kappa shape index (κ3) is 4.09. The van der Waals surface area contributed by atoms with Crippen LogP contribution in [0.1, 0.15) is 5.56 Å². The molecule has 0 aliphatic heterocycles. The van der Waals surface area contributed by atoms with Crippen molar-refractivity contribution in [3.63, 3.8) is 0 Å². The molecular formula is C14H13N3O3. The maximum absolute atomic E-state index is 11.5. The van der Waals surface area contributed by atoms with Gasteiger partial charge in [-0.1, -0.05) is 5.16 Å². The number of methoxy groups -OCH3 is 1. The number of aromatic nitrogens is 1. The van der Waals surface area contributed by atoms with E-state index < -0.39 is 6.09 Å². The molecule has 2 aromatic rings. The lowest BCUT2D eigenvalue weighted by Crippen LogP contribution is -2.10. The molecule has 0 saturated carbocycles. The number of rotatable bonds is 4. The van der Waals surface area contributed by atoms with Gasteiger partial charge in [0.25, 0.3) is 0 Å². The van der Waals surface area contributed by atoms with Crippen molar-refractivity contribution in [2.75, 3.05) is 12.4 Å². The molecule has 0 atom stereocenters. The van der Waals surface area contributed by atoms with Gasteiger partial charge in [-0.2, -0.15) is 0 Å². The molecule has 0 saturated heterocycles. The van der Waals surface area contributed by atoms with Crippen molar-refractivity contribution in [3.05, 3.63) is 54.4 Å². The van der Waals surface area contributed by atoms with E-state index in [2.05, 4.69) is 20.3 Å². The second-order valence-corrected chi connectivity index (χ2v) is 3.75. The van der Waals surface area contributed by atoms with Crippen LogP contribution in [-0.4, -0.2) is 24.4 Å². The fourth-order valence-electron chi connectivity index (χ4n) is 1.40. The number of carbonyl (C=O) groups excluding carboxylic acids is 1. The molecule has 1 N–H and O–H groups in total. The molecule has 20 heavy (non-hydrogen) atoms. The average molecular weight is 271 g/mol. The lowest BCUT2D eigenvalue weighted by molar-refractivity contribution is 0.167. The zero-order valence-corrected chi connectivity index (χ0v) is 10.8. The minimum Gasteiger partial charge on any atom is -0.497 e. The molecule has 0 radical (unpaired) electrons. The van der Waals surface area contributed by atoms with Crippen molar-refractivity contribution >= 4 is 18.0 Å². The van der Waals surface area contributed by atoms with E-state index in [-0.39, 0.29) is 0 Å². The number of oxime groups is 1. The summed E-state index contributed by atoms with van der Waals surface area (Å²) in [5, 5.41) is 6.12. The molecule has 0 aliphatic carbocycles. The first-order valence-corrected chi connectivity index (χ1v) is 5.83. The third-order valence-corrected chi connectivity index (χ3v) is 2.38. The second-order valence-electron chi connectivity index (χ2n) is 3.75. The quantitative estimate of drug-likeness (QED) is 0.527. The Kier molecular flexibility index (Phi) is 4.66. The maximum atomic E-state index is 11.5. The molecule has 0 unspecified atom stereocenters. The van der Waals surface area contributed by atoms with Gasteiger partial charge in [-0.15, -0.1) is 0 Å². The first-order chi connectivity index (χ1) is 9.78. The number of carbonyl (C=O) groups is 1. The molecule has 0 aliphatic rings. The van der Waals surface area contributed by atoms with Crippen LogP contribution in [0.3, 0.4) is 0 Å². The number of ether oxygens (including phenoxy) is 1. The van der Waals surface area contributed by atoms with Gasteiger partial charge in [0.15, 0.2) is 0 Å². The summed E-state index contributed by atoms with van der Waals surface area (Å²) in [6.07, 6.45) is 4.01. The fourth-order valence-corrected chi connectivity index (χ4v) is 1.40. The maximum Gasteiger partial charge on any atom is 0.437 e.